The molecule has 1 unspecified atom stereocenters. The second-order valence-corrected chi connectivity index (χ2v) is 8.60. The number of anilines is 1. The van der Waals surface area contributed by atoms with E-state index < -0.39 is 46.6 Å². The maximum Gasteiger partial charge on any atom is 0.319 e. The molecule has 1 aromatic rings. The van der Waals surface area contributed by atoms with E-state index in [4.69, 9.17) is 9.47 Å². The van der Waals surface area contributed by atoms with Crippen LogP contribution in [0.5, 0.6) is 0 Å². The zero-order valence-electron chi connectivity index (χ0n) is 21.2. The molecular weight excluding hydrogens is 471 g/mol. The minimum absolute atomic E-state index is 0.0496. The fourth-order valence-corrected chi connectivity index (χ4v) is 4.11. The number of benzene rings is 1. The average Bonchev–Trinajstić information content (AvgIpc) is 2.82. The van der Waals surface area contributed by atoms with Crippen LogP contribution < -0.4 is 10.6 Å². The van der Waals surface area contributed by atoms with Gasteiger partial charge in [0, 0.05) is 25.7 Å². The van der Waals surface area contributed by atoms with Crippen LogP contribution in [0.1, 0.15) is 85.5 Å². The Hall–Kier alpha value is -1.94. The third-order valence-corrected chi connectivity index (χ3v) is 5.97. The van der Waals surface area contributed by atoms with Crippen molar-refractivity contribution in [2.24, 2.45) is 5.92 Å². The Labute approximate surface area is 205 Å². The van der Waals surface area contributed by atoms with Gasteiger partial charge in [0.05, 0.1) is 0 Å². The van der Waals surface area contributed by atoms with Crippen molar-refractivity contribution in [2.75, 3.05) is 25.1 Å². The molecule has 1 aromatic carbocycles. The second kappa shape index (κ2) is 15.9. The molecule has 0 saturated carbocycles. The monoisotopic (exact) mass is 510 g/mol. The van der Waals surface area contributed by atoms with Gasteiger partial charge in [-0.15, -0.1) is 0 Å². The molecule has 1 atom stereocenters. The van der Waals surface area contributed by atoms with Crippen molar-refractivity contribution in [1.82, 2.24) is 5.32 Å². The molecule has 0 aliphatic heterocycles. The summed E-state index contributed by atoms with van der Waals surface area (Å²) in [6, 6.07) is -1.07. The summed E-state index contributed by atoms with van der Waals surface area (Å²) >= 11 is 0. The van der Waals surface area contributed by atoms with Gasteiger partial charge in [-0.3, -0.25) is 0 Å². The molecule has 0 aliphatic rings. The number of amides is 2. The predicted molar refractivity (Wildman–Crippen MR) is 126 cm³/mol. The standard InChI is InChI=1S/C25H39F5N2O3/c1-5-8-9-10-11-12-14-17(25(4,34-6-2)35-7-3)15-13-16-31-24(33)32-23-21(29)19(27)18(26)20(28)22(23)30/h17H,5-16H2,1-4H3,(H2,31,32,33). The fraction of sp³-hybridized carbons (Fsp3) is 0.720. The number of hydrogen-bond donors (Lipinski definition) is 2. The molecule has 0 spiro atoms. The quantitative estimate of drug-likeness (QED) is 0.0753. The van der Waals surface area contributed by atoms with Crippen LogP contribution in [0.3, 0.4) is 0 Å². The van der Waals surface area contributed by atoms with Crippen LogP contribution in [0, 0.1) is 35.0 Å². The topological polar surface area (TPSA) is 59.6 Å². The van der Waals surface area contributed by atoms with Crippen LogP contribution in [-0.4, -0.2) is 31.6 Å². The van der Waals surface area contributed by atoms with E-state index in [1.54, 1.807) is 5.32 Å². The van der Waals surface area contributed by atoms with Crippen LogP contribution in [0.15, 0.2) is 0 Å². The van der Waals surface area contributed by atoms with E-state index in [1.807, 2.05) is 20.8 Å². The van der Waals surface area contributed by atoms with Crippen LogP contribution in [-0.2, 0) is 9.47 Å². The Bertz CT molecular complexity index is 760. The van der Waals surface area contributed by atoms with Crippen LogP contribution in [0.2, 0.25) is 0 Å². The van der Waals surface area contributed by atoms with E-state index in [0.29, 0.717) is 26.1 Å². The Kier molecular flexibility index (Phi) is 14.2. The second-order valence-electron chi connectivity index (χ2n) is 8.60. The molecular formula is C25H39F5N2O3. The van der Waals surface area contributed by atoms with Gasteiger partial charge in [0.15, 0.2) is 29.1 Å². The summed E-state index contributed by atoms with van der Waals surface area (Å²) in [4.78, 5) is 12.0. The van der Waals surface area contributed by atoms with Crippen molar-refractivity contribution in [1.29, 1.82) is 0 Å². The maximum atomic E-state index is 13.8. The highest BCUT2D eigenvalue weighted by Gasteiger charge is 2.35. The van der Waals surface area contributed by atoms with Gasteiger partial charge in [-0.05, 0) is 40.0 Å². The largest absolute Gasteiger partial charge is 0.350 e. The molecule has 0 radical (unpaired) electrons. The number of unbranched alkanes of at least 4 members (excludes halogenated alkanes) is 5. The maximum absolute atomic E-state index is 13.8. The Balaban J connectivity index is 2.68. The summed E-state index contributed by atoms with van der Waals surface area (Å²) < 4.78 is 79.2. The van der Waals surface area contributed by atoms with Gasteiger partial charge >= 0.3 is 6.03 Å². The van der Waals surface area contributed by atoms with Gasteiger partial charge in [0.1, 0.15) is 5.69 Å². The normalized spacial score (nSPS) is 12.6. The molecule has 1 rings (SSSR count). The van der Waals surface area contributed by atoms with Crippen molar-refractivity contribution in [3.05, 3.63) is 29.1 Å². The zero-order valence-corrected chi connectivity index (χ0v) is 21.2. The number of carbonyl (C=O) groups excluding carboxylic acids is 1. The Morgan fingerprint density at radius 2 is 1.26 bits per heavy atom. The lowest BCUT2D eigenvalue weighted by molar-refractivity contribution is -0.254. The molecule has 5 nitrogen and oxygen atoms in total. The summed E-state index contributed by atoms with van der Waals surface area (Å²) in [5.41, 5.74) is -1.39. The molecule has 2 N–H and O–H groups in total. The van der Waals surface area contributed by atoms with Crippen molar-refractivity contribution in [3.63, 3.8) is 0 Å². The predicted octanol–water partition coefficient (Wildman–Crippen LogP) is 7.44. The number of hydrogen-bond acceptors (Lipinski definition) is 3. The number of halogens is 5. The first kappa shape index (κ1) is 31.1. The molecule has 0 aliphatic carbocycles. The molecule has 10 heteroatoms. The molecule has 0 saturated heterocycles. The van der Waals surface area contributed by atoms with E-state index >= 15 is 0 Å². The number of carbonyl (C=O) groups is 1. The molecule has 2 amide bonds. The lowest BCUT2D eigenvalue weighted by atomic mass is 9.88. The smallest absolute Gasteiger partial charge is 0.319 e. The molecule has 35 heavy (non-hydrogen) atoms. The first-order valence-corrected chi connectivity index (χ1v) is 12.5. The van der Waals surface area contributed by atoms with Gasteiger partial charge in [0.25, 0.3) is 0 Å². The van der Waals surface area contributed by atoms with Crippen molar-refractivity contribution < 1.29 is 36.2 Å². The summed E-state index contributed by atoms with van der Waals surface area (Å²) in [5, 5.41) is 4.11. The summed E-state index contributed by atoms with van der Waals surface area (Å²) in [6.07, 6.45) is 8.91. The van der Waals surface area contributed by atoms with Crippen molar-refractivity contribution >= 4 is 11.7 Å². The van der Waals surface area contributed by atoms with E-state index in [1.165, 1.54) is 25.7 Å². The lowest BCUT2D eigenvalue weighted by Crippen LogP contribution is -2.41. The first-order chi connectivity index (χ1) is 16.6. The minimum Gasteiger partial charge on any atom is -0.350 e. The highest BCUT2D eigenvalue weighted by Crippen LogP contribution is 2.32. The van der Waals surface area contributed by atoms with E-state index in [9.17, 15) is 26.7 Å². The van der Waals surface area contributed by atoms with E-state index in [-0.39, 0.29) is 12.5 Å². The van der Waals surface area contributed by atoms with Gasteiger partial charge < -0.3 is 20.1 Å². The SMILES string of the molecule is CCCCCCCCC(CCCNC(=O)Nc1c(F)c(F)c(F)c(F)c1F)C(C)(OCC)OCC. The summed E-state index contributed by atoms with van der Waals surface area (Å²) in [6.45, 7) is 8.95. The molecule has 0 heterocycles. The van der Waals surface area contributed by atoms with Crippen LogP contribution >= 0.6 is 0 Å². The molecule has 0 aromatic heterocycles. The van der Waals surface area contributed by atoms with Crippen LogP contribution in [0.4, 0.5) is 32.4 Å². The van der Waals surface area contributed by atoms with Crippen molar-refractivity contribution in [2.45, 2.75) is 91.3 Å². The highest BCUT2D eigenvalue weighted by molar-refractivity contribution is 5.89. The zero-order chi connectivity index (χ0) is 26.4. The minimum atomic E-state index is -2.28. The molecule has 0 bridgehead atoms. The number of nitrogens with one attached hydrogen (secondary N) is 2. The Morgan fingerprint density at radius 1 is 0.771 bits per heavy atom. The fourth-order valence-electron chi connectivity index (χ4n) is 4.11. The highest BCUT2D eigenvalue weighted by atomic mass is 19.2. The summed E-state index contributed by atoms with van der Waals surface area (Å²) in [7, 11) is 0. The summed E-state index contributed by atoms with van der Waals surface area (Å²) in [5.74, 6) is -11.5. The average molecular weight is 511 g/mol. The van der Waals surface area contributed by atoms with Crippen LogP contribution in [0.25, 0.3) is 0 Å². The van der Waals surface area contributed by atoms with Crippen molar-refractivity contribution in [3.8, 4) is 0 Å². The molecule has 0 fully saturated rings. The Morgan fingerprint density at radius 3 is 1.80 bits per heavy atom. The van der Waals surface area contributed by atoms with Gasteiger partial charge in [-0.1, -0.05) is 45.4 Å². The van der Waals surface area contributed by atoms with Gasteiger partial charge in [-0.25, -0.2) is 26.7 Å². The third-order valence-electron chi connectivity index (χ3n) is 5.97. The number of rotatable bonds is 17. The van der Waals surface area contributed by atoms with E-state index in [2.05, 4.69) is 12.2 Å². The van der Waals surface area contributed by atoms with Gasteiger partial charge in [0.2, 0.25) is 5.82 Å². The first-order valence-electron chi connectivity index (χ1n) is 12.5. The van der Waals surface area contributed by atoms with Gasteiger partial charge in [-0.2, -0.15) is 0 Å². The number of urea groups is 1. The molecule has 202 valence electrons. The third kappa shape index (κ3) is 9.56. The number of ether oxygens (including phenoxy) is 2. The van der Waals surface area contributed by atoms with E-state index in [0.717, 1.165) is 19.3 Å². The lowest BCUT2D eigenvalue weighted by Gasteiger charge is -2.37.